The van der Waals surface area contributed by atoms with Gasteiger partial charge in [-0.15, -0.1) is 0 Å². The number of oxime groups is 1. The van der Waals surface area contributed by atoms with Gasteiger partial charge in [-0.25, -0.2) is 4.79 Å². The summed E-state index contributed by atoms with van der Waals surface area (Å²) in [6.45, 7) is 1.07. The van der Waals surface area contributed by atoms with Crippen LogP contribution in [-0.4, -0.2) is 35.1 Å². The van der Waals surface area contributed by atoms with E-state index in [9.17, 15) is 4.79 Å². The maximum Gasteiger partial charge on any atom is 0.321 e. The Morgan fingerprint density at radius 2 is 2.05 bits per heavy atom. The number of piperidine rings is 1. The highest BCUT2D eigenvalue weighted by atomic mass is 35.5. The van der Waals surface area contributed by atoms with Crippen molar-refractivity contribution in [1.82, 2.24) is 4.90 Å². The summed E-state index contributed by atoms with van der Waals surface area (Å²) in [6, 6.07) is 4.65. The zero-order chi connectivity index (χ0) is 15.4. The number of benzene rings is 1. The summed E-state index contributed by atoms with van der Waals surface area (Å²) >= 11 is 11.9. The lowest BCUT2D eigenvalue weighted by atomic mass is 9.96. The molecular weight excluding hydrogens is 315 g/mol. The van der Waals surface area contributed by atoms with Crippen LogP contribution >= 0.6 is 23.2 Å². The number of hydrogen-bond acceptors (Lipinski definition) is 3. The lowest BCUT2D eigenvalue weighted by Crippen LogP contribution is -2.43. The van der Waals surface area contributed by atoms with Gasteiger partial charge in [0, 0.05) is 24.0 Å². The topological polar surface area (TPSA) is 91.0 Å². The summed E-state index contributed by atoms with van der Waals surface area (Å²) in [5.74, 6) is 0.224. The fraction of sp³-hybridized carbons (Fsp3) is 0.385. The van der Waals surface area contributed by atoms with Gasteiger partial charge in [0.25, 0.3) is 0 Å². The highest BCUT2D eigenvalue weighted by Crippen LogP contribution is 2.26. The van der Waals surface area contributed by atoms with Gasteiger partial charge >= 0.3 is 6.03 Å². The largest absolute Gasteiger partial charge is 0.409 e. The van der Waals surface area contributed by atoms with Crippen molar-refractivity contribution in [2.24, 2.45) is 16.8 Å². The van der Waals surface area contributed by atoms with Crippen molar-refractivity contribution in [1.29, 1.82) is 0 Å². The van der Waals surface area contributed by atoms with Crippen LogP contribution in [0.3, 0.4) is 0 Å². The van der Waals surface area contributed by atoms with Crippen molar-refractivity contribution in [3.8, 4) is 0 Å². The van der Waals surface area contributed by atoms with E-state index in [2.05, 4.69) is 10.5 Å². The van der Waals surface area contributed by atoms with Gasteiger partial charge in [-0.3, -0.25) is 0 Å². The van der Waals surface area contributed by atoms with E-state index in [0.717, 1.165) is 0 Å². The SMILES string of the molecule is NC(=NO)C1CCN(C(=O)Nc2cc(Cl)ccc2Cl)CC1. The second kappa shape index (κ2) is 6.87. The van der Waals surface area contributed by atoms with Crippen molar-refractivity contribution in [2.75, 3.05) is 18.4 Å². The van der Waals surface area contributed by atoms with Gasteiger partial charge in [0.15, 0.2) is 0 Å². The first-order valence-corrected chi connectivity index (χ1v) is 7.25. The summed E-state index contributed by atoms with van der Waals surface area (Å²) < 4.78 is 0. The van der Waals surface area contributed by atoms with Gasteiger partial charge in [0.1, 0.15) is 5.84 Å². The fourth-order valence-electron chi connectivity index (χ4n) is 2.25. The molecule has 0 unspecified atom stereocenters. The van der Waals surface area contributed by atoms with Crippen molar-refractivity contribution < 1.29 is 10.0 Å². The Morgan fingerprint density at radius 1 is 1.38 bits per heavy atom. The van der Waals surface area contributed by atoms with Gasteiger partial charge in [0.05, 0.1) is 10.7 Å². The van der Waals surface area contributed by atoms with Crippen LogP contribution in [0.15, 0.2) is 23.4 Å². The molecule has 0 aliphatic carbocycles. The molecule has 1 aliphatic heterocycles. The minimum Gasteiger partial charge on any atom is -0.409 e. The quantitative estimate of drug-likeness (QED) is 0.337. The van der Waals surface area contributed by atoms with Gasteiger partial charge in [-0.1, -0.05) is 28.4 Å². The number of amides is 2. The number of carbonyl (C=O) groups excluding carboxylic acids is 1. The van der Waals surface area contributed by atoms with Gasteiger partial charge in [0.2, 0.25) is 0 Å². The average Bonchev–Trinajstić information content (AvgIpc) is 2.50. The first-order chi connectivity index (χ1) is 10.0. The molecule has 1 heterocycles. The predicted molar refractivity (Wildman–Crippen MR) is 83.2 cm³/mol. The molecule has 1 fully saturated rings. The second-order valence-electron chi connectivity index (χ2n) is 4.84. The predicted octanol–water partition coefficient (Wildman–Crippen LogP) is 2.98. The number of rotatable bonds is 2. The average molecular weight is 331 g/mol. The van der Waals surface area contributed by atoms with Gasteiger partial charge in [-0.2, -0.15) is 0 Å². The van der Waals surface area contributed by atoms with Crippen molar-refractivity contribution in [2.45, 2.75) is 12.8 Å². The van der Waals surface area contributed by atoms with Crippen LogP contribution in [0.5, 0.6) is 0 Å². The van der Waals surface area contributed by atoms with E-state index in [-0.39, 0.29) is 17.8 Å². The Labute approximate surface area is 132 Å². The van der Waals surface area contributed by atoms with E-state index in [1.165, 1.54) is 0 Å². The lowest BCUT2D eigenvalue weighted by Gasteiger charge is -2.31. The van der Waals surface area contributed by atoms with E-state index in [0.29, 0.717) is 41.7 Å². The first-order valence-electron chi connectivity index (χ1n) is 6.49. The van der Waals surface area contributed by atoms with Gasteiger partial charge in [-0.05, 0) is 31.0 Å². The number of nitrogens with one attached hydrogen (secondary N) is 1. The Hall–Kier alpha value is -1.66. The maximum atomic E-state index is 12.2. The minimum atomic E-state index is -0.239. The third-order valence-electron chi connectivity index (χ3n) is 3.49. The highest BCUT2D eigenvalue weighted by molar-refractivity contribution is 6.35. The van der Waals surface area contributed by atoms with E-state index in [1.807, 2.05) is 0 Å². The number of amidine groups is 1. The second-order valence-corrected chi connectivity index (χ2v) is 5.68. The molecule has 8 heteroatoms. The lowest BCUT2D eigenvalue weighted by molar-refractivity contribution is 0.192. The van der Waals surface area contributed by atoms with Crippen LogP contribution in [0, 0.1) is 5.92 Å². The zero-order valence-corrected chi connectivity index (χ0v) is 12.7. The number of likely N-dealkylation sites (tertiary alicyclic amines) is 1. The van der Waals surface area contributed by atoms with Crippen LogP contribution < -0.4 is 11.1 Å². The molecule has 0 aromatic heterocycles. The molecular formula is C13H16Cl2N4O2. The minimum absolute atomic E-state index is 0.00816. The summed E-state index contributed by atoms with van der Waals surface area (Å²) in [7, 11) is 0. The number of nitrogens with two attached hydrogens (primary N) is 1. The number of anilines is 1. The molecule has 0 saturated carbocycles. The van der Waals surface area contributed by atoms with Crippen molar-refractivity contribution in [3.63, 3.8) is 0 Å². The molecule has 0 atom stereocenters. The Bertz CT molecular complexity index is 557. The standard InChI is InChI=1S/C13H16Cl2N4O2/c14-9-1-2-10(15)11(7-9)17-13(20)19-5-3-8(4-6-19)12(16)18-21/h1-2,7-8,21H,3-6H2,(H2,16,18)(H,17,20). The molecule has 1 aromatic rings. The molecule has 0 radical (unpaired) electrons. The summed E-state index contributed by atoms with van der Waals surface area (Å²) in [5, 5.41) is 15.3. The van der Waals surface area contributed by atoms with E-state index in [1.54, 1.807) is 23.1 Å². The van der Waals surface area contributed by atoms with Crippen molar-refractivity contribution >= 4 is 40.8 Å². The third-order valence-corrected chi connectivity index (χ3v) is 4.05. The maximum absolute atomic E-state index is 12.2. The van der Waals surface area contributed by atoms with Crippen LogP contribution in [-0.2, 0) is 0 Å². The monoisotopic (exact) mass is 330 g/mol. The van der Waals surface area contributed by atoms with Gasteiger partial charge < -0.3 is 21.2 Å². The zero-order valence-electron chi connectivity index (χ0n) is 11.2. The number of hydrogen-bond donors (Lipinski definition) is 3. The summed E-state index contributed by atoms with van der Waals surface area (Å²) in [5.41, 5.74) is 6.06. The summed E-state index contributed by atoms with van der Waals surface area (Å²) in [6.07, 6.45) is 1.32. The molecule has 1 aliphatic rings. The van der Waals surface area contributed by atoms with E-state index in [4.69, 9.17) is 34.1 Å². The van der Waals surface area contributed by atoms with E-state index >= 15 is 0 Å². The molecule has 1 saturated heterocycles. The third kappa shape index (κ3) is 3.92. The van der Waals surface area contributed by atoms with E-state index < -0.39 is 0 Å². The molecule has 114 valence electrons. The molecule has 2 amide bonds. The fourth-order valence-corrected chi connectivity index (χ4v) is 2.58. The van der Waals surface area contributed by atoms with Crippen LogP contribution in [0.4, 0.5) is 10.5 Å². The number of nitrogens with zero attached hydrogens (tertiary/aromatic N) is 2. The van der Waals surface area contributed by atoms with Crippen LogP contribution in [0.2, 0.25) is 10.0 Å². The number of carbonyl (C=O) groups is 1. The van der Waals surface area contributed by atoms with Crippen LogP contribution in [0.1, 0.15) is 12.8 Å². The Kier molecular flexibility index (Phi) is 5.14. The summed E-state index contributed by atoms with van der Waals surface area (Å²) in [4.78, 5) is 13.8. The van der Waals surface area contributed by atoms with Crippen LogP contribution in [0.25, 0.3) is 0 Å². The molecule has 2 rings (SSSR count). The smallest absolute Gasteiger partial charge is 0.321 e. The highest BCUT2D eigenvalue weighted by Gasteiger charge is 2.25. The molecule has 4 N–H and O–H groups in total. The number of halogens is 2. The number of urea groups is 1. The molecule has 0 spiro atoms. The van der Waals surface area contributed by atoms with Crippen molar-refractivity contribution in [3.05, 3.63) is 28.2 Å². The Balaban J connectivity index is 1.95. The molecule has 0 bridgehead atoms. The molecule has 6 nitrogen and oxygen atoms in total. The first kappa shape index (κ1) is 15.7. The molecule has 21 heavy (non-hydrogen) atoms. The Morgan fingerprint density at radius 3 is 2.67 bits per heavy atom. The normalized spacial score (nSPS) is 16.9. The molecule has 1 aromatic carbocycles.